The molecule has 9 nitrogen and oxygen atoms in total. The summed E-state index contributed by atoms with van der Waals surface area (Å²) in [5, 5.41) is 9.46. The van der Waals surface area contributed by atoms with E-state index in [1.54, 1.807) is 24.4 Å². The molecule has 1 atom stereocenters. The van der Waals surface area contributed by atoms with Crippen molar-refractivity contribution in [3.63, 3.8) is 0 Å². The average Bonchev–Trinajstić information content (AvgIpc) is 3.25. The van der Waals surface area contributed by atoms with Crippen LogP contribution in [0.25, 0.3) is 0 Å². The fourth-order valence-corrected chi connectivity index (χ4v) is 4.05. The molecule has 1 saturated heterocycles. The van der Waals surface area contributed by atoms with Crippen LogP contribution in [0.3, 0.4) is 0 Å². The fraction of sp³-hybridized carbons (Fsp3) is 0.381. The number of imide groups is 1. The van der Waals surface area contributed by atoms with Crippen molar-refractivity contribution < 1.29 is 19.2 Å². The van der Waals surface area contributed by atoms with Gasteiger partial charge in [0.25, 0.3) is 11.8 Å². The van der Waals surface area contributed by atoms with Gasteiger partial charge in [-0.1, -0.05) is 6.07 Å². The van der Waals surface area contributed by atoms with Gasteiger partial charge in [-0.05, 0) is 38.0 Å². The maximum atomic E-state index is 12.9. The van der Waals surface area contributed by atoms with Crippen LogP contribution < -0.4 is 10.6 Å². The van der Waals surface area contributed by atoms with E-state index in [-0.39, 0.29) is 37.1 Å². The van der Waals surface area contributed by atoms with Crippen LogP contribution >= 0.6 is 0 Å². The Labute approximate surface area is 173 Å². The van der Waals surface area contributed by atoms with Crippen molar-refractivity contribution in [3.8, 4) is 0 Å². The van der Waals surface area contributed by atoms with Crippen LogP contribution in [-0.2, 0) is 29.2 Å². The highest BCUT2D eigenvalue weighted by Gasteiger charge is 2.40. The van der Waals surface area contributed by atoms with Gasteiger partial charge >= 0.3 is 0 Å². The lowest BCUT2D eigenvalue weighted by Gasteiger charge is -2.29. The molecule has 0 radical (unpaired) electrons. The Morgan fingerprint density at radius 2 is 2.10 bits per heavy atom. The summed E-state index contributed by atoms with van der Waals surface area (Å²) in [4.78, 5) is 50.8. The second kappa shape index (κ2) is 7.74. The van der Waals surface area contributed by atoms with E-state index in [1.165, 1.54) is 4.90 Å². The average molecular weight is 409 g/mol. The third kappa shape index (κ3) is 3.36. The minimum atomic E-state index is -0.707. The van der Waals surface area contributed by atoms with Gasteiger partial charge in [0.15, 0.2) is 0 Å². The van der Waals surface area contributed by atoms with Crippen LogP contribution in [0, 0.1) is 6.92 Å². The van der Waals surface area contributed by atoms with E-state index in [1.807, 2.05) is 18.5 Å². The smallest absolute Gasteiger partial charge is 0.255 e. The minimum absolute atomic E-state index is 0.164. The highest BCUT2D eigenvalue weighted by molar-refractivity contribution is 6.07. The Morgan fingerprint density at radius 1 is 1.30 bits per heavy atom. The van der Waals surface area contributed by atoms with E-state index >= 15 is 0 Å². The SMILES string of the molecule is CCn1ncc(CNC(=O)c2cccc3c2CN(C2CCC(=O)NC2=O)C3=O)c1C. The van der Waals surface area contributed by atoms with Gasteiger partial charge in [0, 0.05) is 48.4 Å². The van der Waals surface area contributed by atoms with Crippen molar-refractivity contribution in [1.29, 1.82) is 0 Å². The third-order valence-electron chi connectivity index (χ3n) is 5.77. The monoisotopic (exact) mass is 409 g/mol. The molecule has 4 rings (SSSR count). The maximum Gasteiger partial charge on any atom is 0.255 e. The quantitative estimate of drug-likeness (QED) is 0.713. The molecule has 30 heavy (non-hydrogen) atoms. The summed E-state index contributed by atoms with van der Waals surface area (Å²) >= 11 is 0. The van der Waals surface area contributed by atoms with E-state index in [9.17, 15) is 19.2 Å². The number of aryl methyl sites for hydroxylation is 1. The molecule has 0 aliphatic carbocycles. The number of nitrogens with one attached hydrogen (secondary N) is 2. The second-order valence-corrected chi connectivity index (χ2v) is 7.49. The molecule has 0 spiro atoms. The molecule has 9 heteroatoms. The Balaban J connectivity index is 1.52. The maximum absolute atomic E-state index is 12.9. The lowest BCUT2D eigenvalue weighted by atomic mass is 10.0. The third-order valence-corrected chi connectivity index (χ3v) is 5.77. The molecule has 2 aromatic rings. The van der Waals surface area contributed by atoms with Crippen LogP contribution in [0.5, 0.6) is 0 Å². The molecule has 1 aromatic heterocycles. The summed E-state index contributed by atoms with van der Waals surface area (Å²) in [7, 11) is 0. The first-order valence-electron chi connectivity index (χ1n) is 9.96. The van der Waals surface area contributed by atoms with Crippen molar-refractivity contribution in [2.45, 2.75) is 52.4 Å². The first kappa shape index (κ1) is 19.8. The molecular formula is C21H23N5O4. The fourth-order valence-electron chi connectivity index (χ4n) is 4.05. The summed E-state index contributed by atoms with van der Waals surface area (Å²) < 4.78 is 1.86. The predicted octanol–water partition coefficient (Wildman–Crippen LogP) is 0.902. The second-order valence-electron chi connectivity index (χ2n) is 7.49. The topological polar surface area (TPSA) is 113 Å². The number of carbonyl (C=O) groups excluding carboxylic acids is 4. The lowest BCUT2D eigenvalue weighted by Crippen LogP contribution is -2.52. The van der Waals surface area contributed by atoms with E-state index in [0.717, 1.165) is 17.8 Å². The standard InChI is InChI=1S/C21H23N5O4/c1-3-26-12(2)13(10-23-26)9-22-19(28)14-5-4-6-15-16(14)11-25(21(15)30)17-7-8-18(27)24-20(17)29/h4-6,10,17H,3,7-9,11H2,1-2H3,(H,22,28)(H,24,27,29). The van der Waals surface area contributed by atoms with Gasteiger partial charge in [-0.3, -0.25) is 29.2 Å². The Kier molecular flexibility index (Phi) is 5.11. The normalized spacial score (nSPS) is 18.4. The van der Waals surface area contributed by atoms with Gasteiger partial charge in [-0.25, -0.2) is 0 Å². The first-order chi connectivity index (χ1) is 14.4. The highest BCUT2D eigenvalue weighted by atomic mass is 16.2. The van der Waals surface area contributed by atoms with Gasteiger partial charge in [-0.2, -0.15) is 5.10 Å². The summed E-state index contributed by atoms with van der Waals surface area (Å²) in [6, 6.07) is 4.30. The Morgan fingerprint density at radius 3 is 2.80 bits per heavy atom. The number of carbonyl (C=O) groups is 4. The summed E-state index contributed by atoms with van der Waals surface area (Å²) in [6.45, 7) is 5.20. The molecular weight excluding hydrogens is 386 g/mol. The molecule has 0 bridgehead atoms. The Hall–Kier alpha value is -3.49. The number of amides is 4. The van der Waals surface area contributed by atoms with E-state index in [2.05, 4.69) is 15.7 Å². The molecule has 3 heterocycles. The predicted molar refractivity (Wildman–Crippen MR) is 106 cm³/mol. The van der Waals surface area contributed by atoms with Crippen molar-refractivity contribution >= 4 is 23.6 Å². The number of aromatic nitrogens is 2. The van der Waals surface area contributed by atoms with Crippen molar-refractivity contribution in [1.82, 2.24) is 25.3 Å². The lowest BCUT2D eigenvalue weighted by molar-refractivity contribution is -0.136. The van der Waals surface area contributed by atoms with Crippen LogP contribution in [-0.4, -0.2) is 44.4 Å². The molecule has 0 saturated carbocycles. The van der Waals surface area contributed by atoms with Crippen LogP contribution in [0.15, 0.2) is 24.4 Å². The number of fused-ring (bicyclic) bond motifs is 1. The zero-order valence-electron chi connectivity index (χ0n) is 16.9. The molecule has 2 N–H and O–H groups in total. The van der Waals surface area contributed by atoms with Crippen molar-refractivity contribution in [3.05, 3.63) is 52.3 Å². The molecule has 156 valence electrons. The van der Waals surface area contributed by atoms with Gasteiger partial charge in [0.1, 0.15) is 6.04 Å². The van der Waals surface area contributed by atoms with Crippen LogP contribution in [0.2, 0.25) is 0 Å². The van der Waals surface area contributed by atoms with Crippen molar-refractivity contribution in [2.24, 2.45) is 0 Å². The number of rotatable bonds is 5. The number of nitrogens with zero attached hydrogens (tertiary/aromatic N) is 3. The van der Waals surface area contributed by atoms with Gasteiger partial charge in [-0.15, -0.1) is 0 Å². The molecule has 1 aromatic carbocycles. The van der Waals surface area contributed by atoms with Crippen LogP contribution in [0.1, 0.15) is 57.3 Å². The zero-order valence-corrected chi connectivity index (χ0v) is 16.9. The van der Waals surface area contributed by atoms with Crippen LogP contribution in [0.4, 0.5) is 0 Å². The summed E-state index contributed by atoms with van der Waals surface area (Å²) in [6.07, 6.45) is 2.21. The number of hydrogen-bond acceptors (Lipinski definition) is 5. The molecule has 4 amide bonds. The van der Waals surface area contributed by atoms with E-state index < -0.39 is 11.9 Å². The minimum Gasteiger partial charge on any atom is -0.348 e. The summed E-state index contributed by atoms with van der Waals surface area (Å²) in [5.74, 6) is -1.38. The summed E-state index contributed by atoms with van der Waals surface area (Å²) in [5.41, 5.74) is 3.36. The Bertz CT molecular complexity index is 1060. The van der Waals surface area contributed by atoms with Gasteiger partial charge in [0.05, 0.1) is 6.20 Å². The first-order valence-corrected chi connectivity index (χ1v) is 9.96. The number of hydrogen-bond donors (Lipinski definition) is 2. The molecule has 1 unspecified atom stereocenters. The molecule has 1 fully saturated rings. The van der Waals surface area contributed by atoms with Gasteiger partial charge < -0.3 is 10.2 Å². The van der Waals surface area contributed by atoms with E-state index in [0.29, 0.717) is 23.2 Å². The largest absolute Gasteiger partial charge is 0.348 e. The van der Waals surface area contributed by atoms with E-state index in [4.69, 9.17) is 0 Å². The molecule has 2 aliphatic rings. The number of piperidine rings is 1. The van der Waals surface area contributed by atoms with Crippen molar-refractivity contribution in [2.75, 3.05) is 0 Å². The van der Waals surface area contributed by atoms with Gasteiger partial charge in [0.2, 0.25) is 11.8 Å². The number of benzene rings is 1. The highest BCUT2D eigenvalue weighted by Crippen LogP contribution is 2.29. The zero-order chi connectivity index (χ0) is 21.4. The molecule has 2 aliphatic heterocycles.